The van der Waals surface area contributed by atoms with Crippen LogP contribution in [-0.4, -0.2) is 28.4 Å². The van der Waals surface area contributed by atoms with Crippen LogP contribution in [0.25, 0.3) is 0 Å². The molecule has 5 aromatic rings. The number of amides is 1. The topological polar surface area (TPSA) is 85.3 Å². The Bertz CT molecular complexity index is 1670. The smallest absolute Gasteiger partial charge is 0.305 e. The molecule has 0 aliphatic carbocycles. The highest BCUT2D eigenvalue weighted by Crippen LogP contribution is 2.21. The van der Waals surface area contributed by atoms with Gasteiger partial charge in [0.1, 0.15) is 37.1 Å². The van der Waals surface area contributed by atoms with Gasteiger partial charge in [0.05, 0.1) is 6.42 Å². The Balaban J connectivity index is 1.18. The predicted molar refractivity (Wildman–Crippen MR) is 172 cm³/mol. The zero-order chi connectivity index (χ0) is 31.3. The number of nitrogens with zero attached hydrogens (tertiary/aromatic N) is 1. The van der Waals surface area contributed by atoms with Gasteiger partial charge in [0.25, 0.3) is 5.91 Å². The van der Waals surface area contributed by atoms with Gasteiger partial charge in [0, 0.05) is 18.7 Å². The summed E-state index contributed by atoms with van der Waals surface area (Å²) in [5.74, 6) is 0.822. The molecule has 7 heteroatoms. The second-order valence-electron chi connectivity index (χ2n) is 10.5. The second kappa shape index (κ2) is 15.8. The van der Waals surface area contributed by atoms with Crippen molar-refractivity contribution in [3.8, 4) is 17.2 Å². The summed E-state index contributed by atoms with van der Waals surface area (Å²) in [7, 11) is 0. The quantitative estimate of drug-likeness (QED) is 0.133. The highest BCUT2D eigenvalue weighted by molar-refractivity contribution is 5.94. The number of carboxylic acids is 1. The standard InChI is InChI=1S/C38H35NO6/c40-37(41)21-22-39(25-31-13-7-15-35(23-31)44-26-29-9-3-1-4-10-29)38(42)33-17-19-34(20-18-33)43-28-32-14-8-16-36(24-32)45-27-30-11-5-2-6-12-30/h1-20,23-24H,21-22,25-28H2,(H,40,41). The van der Waals surface area contributed by atoms with Gasteiger partial charge < -0.3 is 24.2 Å². The summed E-state index contributed by atoms with van der Waals surface area (Å²) in [4.78, 5) is 26.4. The van der Waals surface area contributed by atoms with Crippen LogP contribution in [0.15, 0.2) is 133 Å². The maximum atomic E-state index is 13.5. The first-order chi connectivity index (χ1) is 22.0. The molecule has 45 heavy (non-hydrogen) atoms. The number of carbonyl (C=O) groups is 2. The second-order valence-corrected chi connectivity index (χ2v) is 10.5. The molecule has 1 amide bonds. The number of carboxylic acid groups (broad SMARTS) is 1. The van der Waals surface area contributed by atoms with Crippen molar-refractivity contribution >= 4 is 11.9 Å². The van der Waals surface area contributed by atoms with E-state index >= 15 is 0 Å². The summed E-state index contributed by atoms with van der Waals surface area (Å²) in [6, 6.07) is 42.0. The maximum absolute atomic E-state index is 13.5. The third-order valence-corrected chi connectivity index (χ3v) is 7.06. The summed E-state index contributed by atoms with van der Waals surface area (Å²) in [5, 5.41) is 9.31. The molecule has 0 bridgehead atoms. The summed E-state index contributed by atoms with van der Waals surface area (Å²) < 4.78 is 17.8. The van der Waals surface area contributed by atoms with Crippen LogP contribution in [0.1, 0.15) is 39.0 Å². The Morgan fingerprint density at radius 3 is 1.60 bits per heavy atom. The van der Waals surface area contributed by atoms with Crippen molar-refractivity contribution in [2.24, 2.45) is 0 Å². The minimum absolute atomic E-state index is 0.0736. The average molecular weight is 602 g/mol. The largest absolute Gasteiger partial charge is 0.489 e. The van der Waals surface area contributed by atoms with Crippen LogP contribution in [0.5, 0.6) is 17.2 Å². The lowest BCUT2D eigenvalue weighted by molar-refractivity contribution is -0.137. The number of aliphatic carboxylic acids is 1. The fourth-order valence-corrected chi connectivity index (χ4v) is 4.69. The van der Waals surface area contributed by atoms with Crippen molar-refractivity contribution in [1.82, 2.24) is 4.90 Å². The maximum Gasteiger partial charge on any atom is 0.305 e. The van der Waals surface area contributed by atoms with Gasteiger partial charge in [-0.1, -0.05) is 84.9 Å². The van der Waals surface area contributed by atoms with Crippen LogP contribution < -0.4 is 14.2 Å². The molecule has 5 aromatic carbocycles. The molecule has 0 radical (unpaired) electrons. The average Bonchev–Trinajstić information content (AvgIpc) is 3.08. The fraction of sp³-hybridized carbons (Fsp3) is 0.158. The van der Waals surface area contributed by atoms with Gasteiger partial charge >= 0.3 is 5.97 Å². The van der Waals surface area contributed by atoms with Crippen molar-refractivity contribution in [2.45, 2.75) is 32.8 Å². The number of benzene rings is 5. The first-order valence-corrected chi connectivity index (χ1v) is 14.8. The van der Waals surface area contributed by atoms with Gasteiger partial charge in [0.15, 0.2) is 0 Å². The normalized spacial score (nSPS) is 10.6. The van der Waals surface area contributed by atoms with Gasteiger partial charge in [-0.2, -0.15) is 0 Å². The van der Waals surface area contributed by atoms with E-state index in [0.29, 0.717) is 36.9 Å². The molecular weight excluding hydrogens is 566 g/mol. The van der Waals surface area contributed by atoms with E-state index in [1.165, 1.54) is 0 Å². The van der Waals surface area contributed by atoms with Crippen molar-refractivity contribution < 1.29 is 28.9 Å². The first-order valence-electron chi connectivity index (χ1n) is 14.8. The molecule has 1 N–H and O–H groups in total. The van der Waals surface area contributed by atoms with E-state index in [2.05, 4.69) is 0 Å². The zero-order valence-electron chi connectivity index (χ0n) is 24.9. The monoisotopic (exact) mass is 601 g/mol. The molecule has 0 saturated heterocycles. The summed E-state index contributed by atoms with van der Waals surface area (Å²) >= 11 is 0. The molecule has 0 aliphatic heterocycles. The molecule has 5 rings (SSSR count). The molecule has 0 aliphatic rings. The summed E-state index contributed by atoms with van der Waals surface area (Å²) in [5.41, 5.74) is 4.39. The Hall–Kier alpha value is -5.56. The van der Waals surface area contributed by atoms with E-state index in [1.54, 1.807) is 29.2 Å². The molecule has 0 atom stereocenters. The molecule has 0 unspecified atom stereocenters. The van der Waals surface area contributed by atoms with Crippen LogP contribution in [0.3, 0.4) is 0 Å². The van der Waals surface area contributed by atoms with Gasteiger partial charge in [-0.25, -0.2) is 0 Å². The Morgan fingerprint density at radius 2 is 1.02 bits per heavy atom. The van der Waals surface area contributed by atoms with Crippen molar-refractivity contribution in [1.29, 1.82) is 0 Å². The lowest BCUT2D eigenvalue weighted by Gasteiger charge is -2.23. The summed E-state index contributed by atoms with van der Waals surface area (Å²) in [6.45, 7) is 1.56. The van der Waals surface area contributed by atoms with Crippen LogP contribution in [-0.2, 0) is 31.2 Å². The van der Waals surface area contributed by atoms with E-state index in [4.69, 9.17) is 14.2 Å². The Kier molecular flexibility index (Phi) is 10.8. The van der Waals surface area contributed by atoms with Crippen molar-refractivity contribution in [3.63, 3.8) is 0 Å². The third kappa shape index (κ3) is 9.73. The number of rotatable bonds is 15. The van der Waals surface area contributed by atoms with Crippen LogP contribution in [0, 0.1) is 0 Å². The Morgan fingerprint density at radius 1 is 0.533 bits per heavy atom. The molecule has 7 nitrogen and oxygen atoms in total. The van der Waals surface area contributed by atoms with Crippen molar-refractivity contribution in [3.05, 3.63) is 161 Å². The minimum atomic E-state index is -0.967. The highest BCUT2D eigenvalue weighted by atomic mass is 16.5. The van der Waals surface area contributed by atoms with E-state index in [0.717, 1.165) is 28.0 Å². The summed E-state index contributed by atoms with van der Waals surface area (Å²) in [6.07, 6.45) is -0.161. The molecule has 228 valence electrons. The van der Waals surface area contributed by atoms with E-state index in [-0.39, 0.29) is 25.4 Å². The van der Waals surface area contributed by atoms with Gasteiger partial charge in [-0.15, -0.1) is 0 Å². The lowest BCUT2D eigenvalue weighted by Crippen LogP contribution is -2.32. The van der Waals surface area contributed by atoms with Crippen LogP contribution in [0.4, 0.5) is 0 Å². The molecule has 0 spiro atoms. The van der Waals surface area contributed by atoms with Gasteiger partial charge in [0.2, 0.25) is 0 Å². The van der Waals surface area contributed by atoms with Crippen molar-refractivity contribution in [2.75, 3.05) is 6.54 Å². The van der Waals surface area contributed by atoms with E-state index in [1.807, 2.05) is 109 Å². The highest BCUT2D eigenvalue weighted by Gasteiger charge is 2.18. The fourth-order valence-electron chi connectivity index (χ4n) is 4.69. The number of hydrogen-bond donors (Lipinski definition) is 1. The van der Waals surface area contributed by atoms with Gasteiger partial charge in [-0.05, 0) is 70.8 Å². The van der Waals surface area contributed by atoms with Crippen LogP contribution >= 0.6 is 0 Å². The minimum Gasteiger partial charge on any atom is -0.489 e. The number of ether oxygens (including phenoxy) is 3. The zero-order valence-corrected chi connectivity index (χ0v) is 24.9. The third-order valence-electron chi connectivity index (χ3n) is 7.06. The van der Waals surface area contributed by atoms with Crippen LogP contribution in [0.2, 0.25) is 0 Å². The molecule has 0 fully saturated rings. The molecule has 0 heterocycles. The molecule has 0 aromatic heterocycles. The number of carbonyl (C=O) groups excluding carboxylic acids is 1. The predicted octanol–water partition coefficient (Wildman–Crippen LogP) is 7.54. The van der Waals surface area contributed by atoms with Gasteiger partial charge in [-0.3, -0.25) is 9.59 Å². The first kappa shape index (κ1) is 30.9. The van der Waals surface area contributed by atoms with E-state index in [9.17, 15) is 14.7 Å². The SMILES string of the molecule is O=C(O)CCN(Cc1cccc(OCc2ccccc2)c1)C(=O)c1ccc(OCc2cccc(OCc3ccccc3)c2)cc1. The molecule has 0 saturated carbocycles. The van der Waals surface area contributed by atoms with E-state index < -0.39 is 5.97 Å². The lowest BCUT2D eigenvalue weighted by atomic mass is 10.1. The molecular formula is C38H35NO6. The number of hydrogen-bond acceptors (Lipinski definition) is 5. The Labute approximate surface area is 263 Å².